The van der Waals surface area contributed by atoms with E-state index >= 15 is 0 Å². The van der Waals surface area contributed by atoms with Gasteiger partial charge in [-0.25, -0.2) is 9.37 Å². The Morgan fingerprint density at radius 2 is 2.00 bits per heavy atom. The smallest absolute Gasteiger partial charge is 0.257 e. The summed E-state index contributed by atoms with van der Waals surface area (Å²) >= 11 is 11.9. The lowest BCUT2D eigenvalue weighted by atomic mass is 10.2. The monoisotopic (exact) mass is 363 g/mol. The van der Waals surface area contributed by atoms with Crippen LogP contribution in [0.25, 0.3) is 5.69 Å². The number of anilines is 1. The van der Waals surface area contributed by atoms with Crippen LogP contribution in [0.2, 0.25) is 10.0 Å². The Morgan fingerprint density at radius 3 is 2.67 bits per heavy atom. The number of hydrogen-bond donors (Lipinski definition) is 1. The number of imidazole rings is 1. The van der Waals surface area contributed by atoms with E-state index in [9.17, 15) is 9.18 Å². The molecule has 2 aromatic carbocycles. The Labute approximate surface area is 147 Å². The van der Waals surface area contributed by atoms with Crippen molar-refractivity contribution < 1.29 is 9.18 Å². The van der Waals surface area contributed by atoms with Gasteiger partial charge in [-0.1, -0.05) is 23.2 Å². The number of halogens is 3. The second-order valence-electron chi connectivity index (χ2n) is 5.09. The van der Waals surface area contributed by atoms with Crippen molar-refractivity contribution >= 4 is 34.8 Å². The van der Waals surface area contributed by atoms with Gasteiger partial charge in [-0.3, -0.25) is 4.79 Å². The molecule has 4 nitrogen and oxygen atoms in total. The van der Waals surface area contributed by atoms with Gasteiger partial charge in [-0.05, 0) is 43.3 Å². The summed E-state index contributed by atoms with van der Waals surface area (Å²) in [5.74, 6) is -0.282. The highest BCUT2D eigenvalue weighted by atomic mass is 35.5. The molecule has 3 aromatic rings. The van der Waals surface area contributed by atoms with Gasteiger partial charge in [0.1, 0.15) is 11.6 Å². The predicted octanol–water partition coefficient (Wildman–Crippen LogP) is 4.88. The van der Waals surface area contributed by atoms with Crippen LogP contribution in [-0.2, 0) is 0 Å². The fraction of sp³-hybridized carbons (Fsp3) is 0.0588. The van der Waals surface area contributed by atoms with E-state index in [2.05, 4.69) is 10.3 Å². The largest absolute Gasteiger partial charge is 0.322 e. The summed E-state index contributed by atoms with van der Waals surface area (Å²) in [6.45, 7) is 1.77. The number of rotatable bonds is 3. The first-order valence-electron chi connectivity index (χ1n) is 7.02. The maximum Gasteiger partial charge on any atom is 0.257 e. The molecule has 0 saturated heterocycles. The van der Waals surface area contributed by atoms with Gasteiger partial charge in [0.15, 0.2) is 0 Å². The van der Waals surface area contributed by atoms with E-state index in [0.29, 0.717) is 22.2 Å². The molecule has 7 heteroatoms. The number of carbonyl (C=O) groups is 1. The highest BCUT2D eigenvalue weighted by Gasteiger charge is 2.13. The molecule has 0 aliphatic rings. The van der Waals surface area contributed by atoms with Crippen molar-refractivity contribution in [3.63, 3.8) is 0 Å². The molecule has 122 valence electrons. The number of aromatic nitrogens is 2. The summed E-state index contributed by atoms with van der Waals surface area (Å²) in [7, 11) is 0. The zero-order valence-corrected chi connectivity index (χ0v) is 14.1. The molecule has 0 saturated carbocycles. The van der Waals surface area contributed by atoms with E-state index in [-0.39, 0.29) is 10.6 Å². The van der Waals surface area contributed by atoms with E-state index in [1.54, 1.807) is 42.1 Å². The van der Waals surface area contributed by atoms with Crippen LogP contribution >= 0.6 is 23.2 Å². The minimum absolute atomic E-state index is 0.221. The molecule has 0 radical (unpaired) electrons. The zero-order valence-electron chi connectivity index (χ0n) is 12.6. The van der Waals surface area contributed by atoms with Crippen molar-refractivity contribution in [1.29, 1.82) is 0 Å². The molecular weight excluding hydrogens is 352 g/mol. The molecule has 1 heterocycles. The number of amides is 1. The quantitative estimate of drug-likeness (QED) is 0.720. The molecule has 0 aliphatic carbocycles. The van der Waals surface area contributed by atoms with Crippen LogP contribution in [0.15, 0.2) is 48.8 Å². The topological polar surface area (TPSA) is 46.9 Å². The van der Waals surface area contributed by atoms with Crippen LogP contribution < -0.4 is 5.32 Å². The molecule has 0 bridgehead atoms. The molecule has 1 amide bonds. The Hall–Kier alpha value is -2.37. The first-order chi connectivity index (χ1) is 11.5. The van der Waals surface area contributed by atoms with Crippen molar-refractivity contribution in [2.45, 2.75) is 6.92 Å². The maximum absolute atomic E-state index is 14.3. The van der Waals surface area contributed by atoms with Crippen LogP contribution in [0.1, 0.15) is 16.2 Å². The number of aryl methyl sites for hydroxylation is 1. The Kier molecular flexibility index (Phi) is 4.55. The Bertz CT molecular complexity index is 924. The third kappa shape index (κ3) is 3.27. The molecule has 0 unspecified atom stereocenters. The third-order valence-corrected chi connectivity index (χ3v) is 4.03. The van der Waals surface area contributed by atoms with Gasteiger partial charge < -0.3 is 9.88 Å². The SMILES string of the molecule is Cc1nccn1-c1ccc(NC(=O)c2cc(Cl)ccc2Cl)cc1F. The van der Waals surface area contributed by atoms with Gasteiger partial charge in [0.05, 0.1) is 16.3 Å². The third-order valence-electron chi connectivity index (χ3n) is 3.46. The lowest BCUT2D eigenvalue weighted by Crippen LogP contribution is -2.13. The van der Waals surface area contributed by atoms with Gasteiger partial charge >= 0.3 is 0 Å². The molecule has 0 atom stereocenters. The Balaban J connectivity index is 1.86. The molecule has 3 rings (SSSR count). The van der Waals surface area contributed by atoms with E-state index in [0.717, 1.165) is 0 Å². The van der Waals surface area contributed by atoms with Gasteiger partial charge in [0.2, 0.25) is 0 Å². The minimum Gasteiger partial charge on any atom is -0.322 e. The molecule has 24 heavy (non-hydrogen) atoms. The average Bonchev–Trinajstić information content (AvgIpc) is 2.96. The van der Waals surface area contributed by atoms with Crippen LogP contribution in [-0.4, -0.2) is 15.5 Å². The van der Waals surface area contributed by atoms with Crippen LogP contribution in [0.5, 0.6) is 0 Å². The summed E-state index contributed by atoms with van der Waals surface area (Å²) in [6.07, 6.45) is 3.25. The molecular formula is C17H12Cl2FN3O. The Morgan fingerprint density at radius 1 is 1.21 bits per heavy atom. The predicted molar refractivity (Wildman–Crippen MR) is 92.7 cm³/mol. The summed E-state index contributed by atoms with van der Waals surface area (Å²) in [5.41, 5.74) is 0.887. The van der Waals surface area contributed by atoms with Crippen molar-refractivity contribution in [3.05, 3.63) is 76.0 Å². The highest BCUT2D eigenvalue weighted by Crippen LogP contribution is 2.23. The van der Waals surface area contributed by atoms with E-state index in [1.165, 1.54) is 18.2 Å². The lowest BCUT2D eigenvalue weighted by molar-refractivity contribution is 0.102. The van der Waals surface area contributed by atoms with Crippen molar-refractivity contribution in [3.8, 4) is 5.69 Å². The zero-order chi connectivity index (χ0) is 17.3. The molecule has 0 fully saturated rings. The molecule has 0 spiro atoms. The summed E-state index contributed by atoms with van der Waals surface area (Å²) in [6, 6.07) is 8.99. The standard InChI is InChI=1S/C17H12Cl2FN3O/c1-10-21-6-7-23(10)16-5-3-12(9-15(16)20)22-17(24)13-8-11(18)2-4-14(13)19/h2-9H,1H3,(H,22,24). The van der Waals surface area contributed by atoms with Gasteiger partial charge in [0, 0.05) is 23.1 Å². The van der Waals surface area contributed by atoms with Crippen molar-refractivity contribution in [1.82, 2.24) is 9.55 Å². The minimum atomic E-state index is -0.480. The van der Waals surface area contributed by atoms with E-state index in [1.807, 2.05) is 0 Å². The summed E-state index contributed by atoms with van der Waals surface area (Å²) < 4.78 is 16.0. The number of nitrogens with zero attached hydrogens (tertiary/aromatic N) is 2. The fourth-order valence-electron chi connectivity index (χ4n) is 2.28. The van der Waals surface area contributed by atoms with Crippen LogP contribution in [0.3, 0.4) is 0 Å². The van der Waals surface area contributed by atoms with Crippen LogP contribution in [0.4, 0.5) is 10.1 Å². The average molecular weight is 364 g/mol. The number of benzene rings is 2. The molecule has 1 aromatic heterocycles. The molecule has 0 aliphatic heterocycles. The van der Waals surface area contributed by atoms with E-state index in [4.69, 9.17) is 23.2 Å². The second-order valence-corrected chi connectivity index (χ2v) is 5.93. The number of nitrogens with one attached hydrogen (secondary N) is 1. The number of hydrogen-bond acceptors (Lipinski definition) is 2. The fourth-order valence-corrected chi connectivity index (χ4v) is 2.66. The molecule has 1 N–H and O–H groups in total. The van der Waals surface area contributed by atoms with Crippen molar-refractivity contribution in [2.24, 2.45) is 0 Å². The van der Waals surface area contributed by atoms with Gasteiger partial charge in [-0.2, -0.15) is 0 Å². The lowest BCUT2D eigenvalue weighted by Gasteiger charge is -2.10. The van der Waals surface area contributed by atoms with Crippen molar-refractivity contribution in [2.75, 3.05) is 5.32 Å². The second kappa shape index (κ2) is 6.63. The first kappa shape index (κ1) is 16.5. The summed E-state index contributed by atoms with van der Waals surface area (Å²) in [4.78, 5) is 16.3. The van der Waals surface area contributed by atoms with E-state index < -0.39 is 11.7 Å². The summed E-state index contributed by atoms with van der Waals surface area (Å²) in [5, 5.41) is 3.26. The normalized spacial score (nSPS) is 10.7. The highest BCUT2D eigenvalue weighted by molar-refractivity contribution is 6.36. The van der Waals surface area contributed by atoms with Crippen LogP contribution in [0, 0.1) is 12.7 Å². The maximum atomic E-state index is 14.3. The first-order valence-corrected chi connectivity index (χ1v) is 7.77. The van der Waals surface area contributed by atoms with Gasteiger partial charge in [-0.15, -0.1) is 0 Å². The number of carbonyl (C=O) groups excluding carboxylic acids is 1. The van der Waals surface area contributed by atoms with Gasteiger partial charge in [0.25, 0.3) is 5.91 Å².